The quantitative estimate of drug-likeness (QED) is 0.176. The molecule has 1 aliphatic heterocycles. The molecule has 10 heteroatoms. The Morgan fingerprint density at radius 2 is 1.78 bits per heavy atom. The molecule has 264 valence electrons. The number of aliphatic hydroxyl groups excluding tert-OH is 2. The Hall–Kier alpha value is -4.35. The van der Waals surface area contributed by atoms with Crippen molar-refractivity contribution < 1.29 is 24.2 Å². The van der Waals surface area contributed by atoms with Crippen molar-refractivity contribution in [3.63, 3.8) is 0 Å². The van der Waals surface area contributed by atoms with E-state index in [0.717, 1.165) is 33.8 Å². The lowest BCUT2D eigenvalue weighted by Gasteiger charge is -2.42. The molecule has 50 heavy (non-hydrogen) atoms. The van der Waals surface area contributed by atoms with Gasteiger partial charge in [0, 0.05) is 62.0 Å². The Labute approximate surface area is 294 Å². The first kappa shape index (κ1) is 35.5. The number of fused-ring (bicyclic) bond motifs is 1. The monoisotopic (exact) mass is 679 g/mol. The van der Waals surface area contributed by atoms with E-state index in [1.165, 1.54) is 0 Å². The van der Waals surface area contributed by atoms with Crippen LogP contribution in [0.3, 0.4) is 0 Å². The van der Waals surface area contributed by atoms with Crippen molar-refractivity contribution in [3.05, 3.63) is 114 Å². The summed E-state index contributed by atoms with van der Waals surface area (Å²) in [6, 6.07) is 24.3. The molecule has 4 aromatic rings. The SMILES string of the molecule is CC(C)(C)NC(=O)[C@@H]1CN(Cc2ccc(-c3cccnc3)o2)CCN1C[C@@H](O)C[C@H](Cc1ccccc1)C(=O)N[C@H]1c2ccccc2C[C@H]1O. The highest BCUT2D eigenvalue weighted by atomic mass is 16.3. The van der Waals surface area contributed by atoms with Crippen LogP contribution in [0.1, 0.15) is 55.7 Å². The molecule has 2 aromatic heterocycles. The molecule has 4 N–H and O–H groups in total. The Morgan fingerprint density at radius 3 is 2.54 bits per heavy atom. The summed E-state index contributed by atoms with van der Waals surface area (Å²) in [7, 11) is 0. The van der Waals surface area contributed by atoms with Gasteiger partial charge in [0.1, 0.15) is 17.6 Å². The van der Waals surface area contributed by atoms with Crippen molar-refractivity contribution in [1.82, 2.24) is 25.4 Å². The second-order valence-corrected chi connectivity index (χ2v) is 14.7. The van der Waals surface area contributed by atoms with Crippen LogP contribution in [-0.4, -0.2) is 86.8 Å². The average Bonchev–Trinajstić information content (AvgIpc) is 3.69. The molecule has 0 spiro atoms. The van der Waals surface area contributed by atoms with Gasteiger partial charge in [0.25, 0.3) is 0 Å². The molecule has 1 aliphatic carbocycles. The maximum atomic E-state index is 13.9. The maximum absolute atomic E-state index is 13.9. The van der Waals surface area contributed by atoms with Crippen LogP contribution < -0.4 is 10.6 Å². The van der Waals surface area contributed by atoms with Gasteiger partial charge in [-0.25, -0.2) is 0 Å². The van der Waals surface area contributed by atoms with Crippen LogP contribution in [0.2, 0.25) is 0 Å². The number of nitrogens with zero attached hydrogens (tertiary/aromatic N) is 3. The van der Waals surface area contributed by atoms with Crippen LogP contribution in [0.4, 0.5) is 0 Å². The summed E-state index contributed by atoms with van der Waals surface area (Å²) < 4.78 is 6.14. The number of amides is 2. The van der Waals surface area contributed by atoms with Crippen LogP contribution >= 0.6 is 0 Å². The lowest BCUT2D eigenvalue weighted by atomic mass is 9.91. The smallest absolute Gasteiger partial charge is 0.239 e. The van der Waals surface area contributed by atoms with Gasteiger partial charge in [0.2, 0.25) is 11.8 Å². The van der Waals surface area contributed by atoms with E-state index >= 15 is 0 Å². The number of piperazine rings is 1. The van der Waals surface area contributed by atoms with E-state index in [4.69, 9.17) is 4.42 Å². The van der Waals surface area contributed by atoms with Crippen molar-refractivity contribution >= 4 is 11.8 Å². The molecule has 6 rings (SSSR count). The Kier molecular flexibility index (Phi) is 11.1. The zero-order valence-electron chi connectivity index (χ0n) is 29.2. The minimum absolute atomic E-state index is 0.0997. The van der Waals surface area contributed by atoms with E-state index in [-0.39, 0.29) is 24.8 Å². The summed E-state index contributed by atoms with van der Waals surface area (Å²) in [5.74, 6) is 0.708. The predicted molar refractivity (Wildman–Crippen MR) is 192 cm³/mol. The molecule has 1 saturated heterocycles. The molecule has 1 fully saturated rings. The number of aromatic nitrogens is 1. The number of rotatable bonds is 12. The van der Waals surface area contributed by atoms with Gasteiger partial charge in [-0.15, -0.1) is 0 Å². The van der Waals surface area contributed by atoms with Gasteiger partial charge in [0.15, 0.2) is 0 Å². The normalized spacial score (nSPS) is 20.9. The van der Waals surface area contributed by atoms with Gasteiger partial charge in [-0.2, -0.15) is 0 Å². The largest absolute Gasteiger partial charge is 0.460 e. The number of carbonyl (C=O) groups excluding carboxylic acids is 2. The molecule has 10 nitrogen and oxygen atoms in total. The van der Waals surface area contributed by atoms with Crippen molar-refractivity contribution in [2.75, 3.05) is 26.2 Å². The number of hydrogen-bond donors (Lipinski definition) is 4. The maximum Gasteiger partial charge on any atom is 0.239 e. The lowest BCUT2D eigenvalue weighted by molar-refractivity contribution is -0.132. The second-order valence-electron chi connectivity index (χ2n) is 14.7. The fourth-order valence-electron chi connectivity index (χ4n) is 7.16. The molecule has 2 amide bonds. The molecular weight excluding hydrogens is 630 g/mol. The van der Waals surface area contributed by atoms with Gasteiger partial charge in [-0.05, 0) is 74.6 Å². The fraction of sp³-hybridized carbons (Fsp3) is 0.425. The van der Waals surface area contributed by atoms with E-state index in [0.29, 0.717) is 39.0 Å². The molecule has 5 atom stereocenters. The number of aliphatic hydroxyl groups is 2. The van der Waals surface area contributed by atoms with Crippen molar-refractivity contribution in [1.29, 1.82) is 0 Å². The third kappa shape index (κ3) is 9.05. The predicted octanol–water partition coefficient (Wildman–Crippen LogP) is 4.13. The van der Waals surface area contributed by atoms with E-state index < -0.39 is 35.7 Å². The molecule has 2 aliphatic rings. The Bertz CT molecular complexity index is 1720. The Morgan fingerprint density at radius 1 is 1.00 bits per heavy atom. The molecule has 0 saturated carbocycles. The van der Waals surface area contributed by atoms with Crippen molar-refractivity contribution in [2.24, 2.45) is 5.92 Å². The number of furan rings is 1. The van der Waals surface area contributed by atoms with Gasteiger partial charge < -0.3 is 25.3 Å². The Balaban J connectivity index is 1.14. The highest BCUT2D eigenvalue weighted by molar-refractivity contribution is 5.83. The van der Waals surface area contributed by atoms with Crippen LogP contribution in [-0.2, 0) is 29.0 Å². The first-order chi connectivity index (χ1) is 24.0. The second kappa shape index (κ2) is 15.7. The van der Waals surface area contributed by atoms with Crippen molar-refractivity contribution in [3.8, 4) is 11.3 Å². The standard InChI is InChI=1S/C40H49N5O5/c1-40(2,3)43-39(49)34-26-44(25-32-15-16-36(50-32)29-13-9-17-41-23-29)18-19-45(34)24-31(46)21-30(20-27-10-5-4-6-11-27)38(48)42-37-33-14-8-7-12-28(33)22-35(37)47/h4-17,23,30-31,34-35,37,46-47H,18-22,24-26H2,1-3H3,(H,42,48)(H,43,49)/t30-,31-,34-,35+,37-/m0/s1. The van der Waals surface area contributed by atoms with Gasteiger partial charge in [-0.3, -0.25) is 24.4 Å². The fourth-order valence-corrected chi connectivity index (χ4v) is 7.16. The van der Waals surface area contributed by atoms with Gasteiger partial charge >= 0.3 is 0 Å². The van der Waals surface area contributed by atoms with E-state index in [2.05, 4.69) is 20.5 Å². The highest BCUT2D eigenvalue weighted by Gasteiger charge is 2.37. The summed E-state index contributed by atoms with van der Waals surface area (Å²) >= 11 is 0. The molecule has 0 unspecified atom stereocenters. The molecule has 0 bridgehead atoms. The minimum atomic E-state index is -0.862. The number of benzene rings is 2. The lowest BCUT2D eigenvalue weighted by Crippen LogP contribution is -2.61. The zero-order valence-corrected chi connectivity index (χ0v) is 29.2. The topological polar surface area (TPSA) is 131 Å². The highest BCUT2D eigenvalue weighted by Crippen LogP contribution is 2.32. The van der Waals surface area contributed by atoms with Crippen LogP contribution in [0.5, 0.6) is 0 Å². The van der Waals surface area contributed by atoms with Gasteiger partial charge in [0.05, 0.1) is 24.8 Å². The number of nitrogens with one attached hydrogen (secondary N) is 2. The van der Waals surface area contributed by atoms with E-state index in [9.17, 15) is 19.8 Å². The average molecular weight is 680 g/mol. The summed E-state index contributed by atoms with van der Waals surface area (Å²) in [6.07, 6.45) is 3.07. The first-order valence-corrected chi connectivity index (χ1v) is 17.6. The third-order valence-corrected chi connectivity index (χ3v) is 9.56. The molecule has 3 heterocycles. The summed E-state index contributed by atoms with van der Waals surface area (Å²) in [6.45, 7) is 8.38. The van der Waals surface area contributed by atoms with Crippen LogP contribution in [0, 0.1) is 5.92 Å². The zero-order chi connectivity index (χ0) is 35.3. The molecular formula is C40H49N5O5. The summed E-state index contributed by atoms with van der Waals surface area (Å²) in [4.78, 5) is 36.0. The van der Waals surface area contributed by atoms with E-state index in [1.807, 2.05) is 105 Å². The van der Waals surface area contributed by atoms with Crippen LogP contribution in [0.25, 0.3) is 11.3 Å². The summed E-state index contributed by atoms with van der Waals surface area (Å²) in [5, 5.41) is 28.7. The molecule has 0 radical (unpaired) electrons. The minimum Gasteiger partial charge on any atom is -0.460 e. The number of hydrogen-bond acceptors (Lipinski definition) is 8. The third-order valence-electron chi connectivity index (χ3n) is 9.56. The van der Waals surface area contributed by atoms with Crippen LogP contribution in [0.15, 0.2) is 95.7 Å². The number of carbonyl (C=O) groups is 2. The van der Waals surface area contributed by atoms with Crippen molar-refractivity contribution in [2.45, 2.75) is 76.4 Å². The number of β-amino-alcohol motifs (C(OH)–C–C–N with tert-alkyl or cyclic N) is 1. The summed E-state index contributed by atoms with van der Waals surface area (Å²) in [5.41, 5.74) is 3.44. The van der Waals surface area contributed by atoms with Gasteiger partial charge in [-0.1, -0.05) is 54.6 Å². The van der Waals surface area contributed by atoms with E-state index in [1.54, 1.807) is 12.4 Å². The number of pyridine rings is 1. The molecule has 2 aromatic carbocycles. The first-order valence-electron chi connectivity index (χ1n) is 17.6.